The molecule has 0 radical (unpaired) electrons. The first-order chi connectivity index (χ1) is 10.2. The number of hydrogen-bond donors (Lipinski definition) is 1. The molecule has 0 saturated carbocycles. The minimum atomic E-state index is 0.340. The van der Waals surface area contributed by atoms with Crippen LogP contribution in [0.1, 0.15) is 5.56 Å². The van der Waals surface area contributed by atoms with E-state index in [0.29, 0.717) is 27.7 Å². The second kappa shape index (κ2) is 5.12. The number of nitrogens with zero attached hydrogens (tertiary/aromatic N) is 6. The van der Waals surface area contributed by atoms with E-state index in [1.165, 1.54) is 6.20 Å². The minimum absolute atomic E-state index is 0.340. The number of nitrogens with two attached hydrogens (primary N) is 1. The molecule has 7 nitrogen and oxygen atoms in total. The van der Waals surface area contributed by atoms with E-state index in [-0.39, 0.29) is 0 Å². The largest absolute Gasteiger partial charge is 0.395 e. The lowest BCUT2D eigenvalue weighted by Crippen LogP contribution is -2.03. The highest BCUT2D eigenvalue weighted by Crippen LogP contribution is 2.23. The van der Waals surface area contributed by atoms with Gasteiger partial charge in [-0.2, -0.15) is 10.5 Å². The third-order valence-electron chi connectivity index (χ3n) is 2.80. The van der Waals surface area contributed by atoms with Gasteiger partial charge in [-0.3, -0.25) is 4.57 Å². The fourth-order valence-electron chi connectivity index (χ4n) is 1.84. The molecule has 3 aromatic rings. The SMILES string of the molecule is N#CSc1nc(-n2cnc3ccc(C#N)cc32)ncc1N. The molecule has 0 aliphatic carbocycles. The number of hydrogen-bond acceptors (Lipinski definition) is 7. The highest BCUT2D eigenvalue weighted by Gasteiger charge is 2.11. The third kappa shape index (κ3) is 2.24. The Balaban J connectivity index is 2.19. The van der Waals surface area contributed by atoms with E-state index in [9.17, 15) is 0 Å². The summed E-state index contributed by atoms with van der Waals surface area (Å²) in [6, 6.07) is 7.24. The van der Waals surface area contributed by atoms with Crippen molar-refractivity contribution in [3.63, 3.8) is 0 Å². The van der Waals surface area contributed by atoms with E-state index in [2.05, 4.69) is 21.0 Å². The number of fused-ring (bicyclic) bond motifs is 1. The number of benzene rings is 1. The Morgan fingerprint density at radius 2 is 2.10 bits per heavy atom. The first kappa shape index (κ1) is 12.9. The van der Waals surface area contributed by atoms with Gasteiger partial charge in [0.05, 0.1) is 34.6 Å². The molecule has 0 aliphatic rings. The molecule has 0 atom stereocenters. The van der Waals surface area contributed by atoms with E-state index in [1.807, 2.05) is 5.40 Å². The van der Waals surface area contributed by atoms with Gasteiger partial charge in [-0.05, 0) is 18.2 Å². The van der Waals surface area contributed by atoms with Gasteiger partial charge in [-0.25, -0.2) is 15.0 Å². The number of aromatic nitrogens is 4. The molecule has 0 spiro atoms. The molecule has 1 aromatic carbocycles. The predicted octanol–water partition coefficient (Wildman–Crippen LogP) is 1.84. The molecule has 21 heavy (non-hydrogen) atoms. The molecule has 3 rings (SSSR count). The summed E-state index contributed by atoms with van der Waals surface area (Å²) in [5, 5.41) is 20.0. The molecule has 0 unspecified atom stereocenters. The van der Waals surface area contributed by atoms with E-state index in [0.717, 1.165) is 17.3 Å². The lowest BCUT2D eigenvalue weighted by Gasteiger charge is -2.05. The Morgan fingerprint density at radius 1 is 1.24 bits per heavy atom. The molecule has 0 amide bonds. The van der Waals surface area contributed by atoms with Crippen LogP contribution in [0.5, 0.6) is 0 Å². The second-order valence-electron chi connectivity index (χ2n) is 4.05. The molecule has 8 heteroatoms. The molecule has 0 bridgehead atoms. The Labute approximate surface area is 123 Å². The summed E-state index contributed by atoms with van der Waals surface area (Å²) in [6.07, 6.45) is 3.01. The number of thioether (sulfide) groups is 1. The molecular formula is C13H7N7S. The highest BCUT2D eigenvalue weighted by atomic mass is 32.2. The fraction of sp³-hybridized carbons (Fsp3) is 0. The summed E-state index contributed by atoms with van der Waals surface area (Å²) in [4.78, 5) is 12.6. The van der Waals surface area contributed by atoms with Crippen molar-refractivity contribution in [3.8, 4) is 17.4 Å². The van der Waals surface area contributed by atoms with E-state index < -0.39 is 0 Å². The number of imidazole rings is 1. The van der Waals surface area contributed by atoms with Gasteiger partial charge in [0.25, 0.3) is 0 Å². The summed E-state index contributed by atoms with van der Waals surface area (Å²) in [5.41, 5.74) is 8.02. The number of anilines is 1. The topological polar surface area (TPSA) is 117 Å². The van der Waals surface area contributed by atoms with Gasteiger partial charge in [0.2, 0.25) is 5.95 Å². The zero-order valence-electron chi connectivity index (χ0n) is 10.6. The Morgan fingerprint density at radius 3 is 2.86 bits per heavy atom. The first-order valence-electron chi connectivity index (χ1n) is 5.79. The van der Waals surface area contributed by atoms with Crippen molar-refractivity contribution in [1.82, 2.24) is 19.5 Å². The van der Waals surface area contributed by atoms with Crippen molar-refractivity contribution in [3.05, 3.63) is 36.3 Å². The average molecular weight is 293 g/mol. The van der Waals surface area contributed by atoms with E-state index >= 15 is 0 Å². The maximum absolute atomic E-state index is 8.98. The number of rotatable bonds is 2. The molecule has 2 N–H and O–H groups in total. The Kier molecular flexibility index (Phi) is 3.14. The maximum atomic E-state index is 8.98. The number of nitriles is 2. The summed E-state index contributed by atoms with van der Waals surface area (Å²) in [7, 11) is 0. The van der Waals surface area contributed by atoms with Crippen LogP contribution in [0.4, 0.5) is 5.69 Å². The summed E-state index contributed by atoms with van der Waals surface area (Å²) < 4.78 is 1.65. The monoisotopic (exact) mass is 293 g/mol. The van der Waals surface area contributed by atoms with Gasteiger partial charge in [-0.15, -0.1) is 0 Å². The molecular weight excluding hydrogens is 286 g/mol. The zero-order valence-corrected chi connectivity index (χ0v) is 11.4. The van der Waals surface area contributed by atoms with Crippen molar-refractivity contribution in [2.45, 2.75) is 5.03 Å². The van der Waals surface area contributed by atoms with Gasteiger partial charge < -0.3 is 5.73 Å². The summed E-state index contributed by atoms with van der Waals surface area (Å²) >= 11 is 0.870. The normalized spacial score (nSPS) is 10.2. The van der Waals surface area contributed by atoms with Gasteiger partial charge in [0.1, 0.15) is 16.8 Å². The molecule has 0 saturated heterocycles. The molecule has 0 fully saturated rings. The fourth-order valence-corrected chi connectivity index (χ4v) is 2.23. The molecule has 2 aromatic heterocycles. The standard InChI is InChI=1S/C13H7N7S/c14-4-8-1-2-10-11(3-8)20(7-18-10)13-17-5-9(16)12(19-13)21-6-15/h1-3,5,7H,16H2. The Bertz CT molecular complexity index is 916. The van der Waals surface area contributed by atoms with Crippen LogP contribution in [0.15, 0.2) is 35.7 Å². The molecule has 0 aliphatic heterocycles. The second-order valence-corrected chi connectivity index (χ2v) is 4.83. The highest BCUT2D eigenvalue weighted by molar-refractivity contribution is 8.03. The van der Waals surface area contributed by atoms with Crippen LogP contribution >= 0.6 is 11.8 Å². The van der Waals surface area contributed by atoms with Crippen LogP contribution in [-0.2, 0) is 0 Å². The maximum Gasteiger partial charge on any atom is 0.236 e. The van der Waals surface area contributed by atoms with Crippen LogP contribution in [0.25, 0.3) is 17.0 Å². The first-order valence-corrected chi connectivity index (χ1v) is 6.60. The number of thiocyanates is 1. The van der Waals surface area contributed by atoms with Crippen LogP contribution < -0.4 is 5.73 Å². The minimum Gasteiger partial charge on any atom is -0.395 e. The lowest BCUT2D eigenvalue weighted by atomic mass is 10.2. The van der Waals surface area contributed by atoms with Crippen molar-refractivity contribution in [2.24, 2.45) is 0 Å². The summed E-state index contributed by atoms with van der Waals surface area (Å²) in [6.45, 7) is 0. The van der Waals surface area contributed by atoms with Crippen molar-refractivity contribution in [2.75, 3.05) is 5.73 Å². The van der Waals surface area contributed by atoms with Gasteiger partial charge in [-0.1, -0.05) is 0 Å². The molecule has 100 valence electrons. The van der Waals surface area contributed by atoms with Crippen molar-refractivity contribution in [1.29, 1.82) is 10.5 Å². The third-order valence-corrected chi connectivity index (χ3v) is 3.41. The quantitative estimate of drug-likeness (QED) is 0.435. The lowest BCUT2D eigenvalue weighted by molar-refractivity contribution is 0.910. The van der Waals surface area contributed by atoms with Crippen molar-refractivity contribution < 1.29 is 0 Å². The number of nitrogen functional groups attached to an aromatic ring is 1. The smallest absolute Gasteiger partial charge is 0.236 e. The van der Waals surface area contributed by atoms with E-state index in [4.69, 9.17) is 16.3 Å². The van der Waals surface area contributed by atoms with Crippen LogP contribution in [0.2, 0.25) is 0 Å². The average Bonchev–Trinajstić information content (AvgIpc) is 2.92. The van der Waals surface area contributed by atoms with Crippen LogP contribution in [-0.4, -0.2) is 19.5 Å². The molecule has 2 heterocycles. The van der Waals surface area contributed by atoms with Gasteiger partial charge >= 0.3 is 0 Å². The van der Waals surface area contributed by atoms with Crippen molar-refractivity contribution >= 4 is 28.5 Å². The van der Waals surface area contributed by atoms with Crippen LogP contribution in [0.3, 0.4) is 0 Å². The summed E-state index contributed by atoms with van der Waals surface area (Å²) in [5.74, 6) is 0.347. The predicted molar refractivity (Wildman–Crippen MR) is 77.3 cm³/mol. The van der Waals surface area contributed by atoms with Gasteiger partial charge in [0, 0.05) is 11.8 Å². The Hall–Kier alpha value is -3.10. The van der Waals surface area contributed by atoms with Crippen LogP contribution in [0, 0.1) is 22.0 Å². The van der Waals surface area contributed by atoms with E-state index in [1.54, 1.807) is 29.1 Å². The zero-order chi connectivity index (χ0) is 14.8. The van der Waals surface area contributed by atoms with Gasteiger partial charge in [0.15, 0.2) is 0 Å².